The van der Waals surface area contributed by atoms with E-state index in [9.17, 15) is 10.1 Å². The molecule has 0 N–H and O–H groups in total. The Bertz CT molecular complexity index is 431. The summed E-state index contributed by atoms with van der Waals surface area (Å²) in [4.78, 5) is 25.9. The van der Waals surface area contributed by atoms with Crippen molar-refractivity contribution in [2.45, 2.75) is 51.7 Å². The Morgan fingerprint density at radius 1 is 1.05 bits per heavy atom. The average Bonchev–Trinajstić information content (AvgIpc) is 2.44. The molecule has 0 aliphatic rings. The molecule has 0 atom stereocenters. The molecule has 0 aromatic heterocycles. The van der Waals surface area contributed by atoms with E-state index in [0.29, 0.717) is 18.4 Å². The van der Waals surface area contributed by atoms with Crippen molar-refractivity contribution in [2.24, 2.45) is 0 Å². The molecular formula is C15H21KO5. The van der Waals surface area contributed by atoms with Gasteiger partial charge in [-0.1, -0.05) is 18.2 Å². The summed E-state index contributed by atoms with van der Waals surface area (Å²) in [6.45, 7) is 6.97. The Balaban J connectivity index is 0.00000400. The second-order valence-electron chi connectivity index (χ2n) is 5.92. The van der Waals surface area contributed by atoms with E-state index in [0.717, 1.165) is 0 Å². The number of hydrogen-bond acceptors (Lipinski definition) is 5. The summed E-state index contributed by atoms with van der Waals surface area (Å²) in [7, 11) is 0. The van der Waals surface area contributed by atoms with Crippen molar-refractivity contribution >= 4 is 5.97 Å². The topological polar surface area (TPSA) is 67.8 Å². The minimum atomic E-state index is -0.774. The fraction of sp³-hybridized carbons (Fsp3) is 0.533. The van der Waals surface area contributed by atoms with Crippen molar-refractivity contribution in [3.05, 3.63) is 35.9 Å². The molecule has 0 bridgehead atoms. The molecule has 0 fully saturated rings. The Kier molecular flexibility index (Phi) is 9.46. The van der Waals surface area contributed by atoms with Crippen LogP contribution in [0.4, 0.5) is 0 Å². The summed E-state index contributed by atoms with van der Waals surface area (Å²) in [5, 5.41) is 10.5. The van der Waals surface area contributed by atoms with E-state index in [-0.39, 0.29) is 51.4 Å². The van der Waals surface area contributed by atoms with Crippen LogP contribution in [-0.2, 0) is 14.7 Å². The predicted molar refractivity (Wildman–Crippen MR) is 71.4 cm³/mol. The molecular weight excluding hydrogens is 299 g/mol. The van der Waals surface area contributed by atoms with Crippen LogP contribution in [0.25, 0.3) is 0 Å². The van der Waals surface area contributed by atoms with Crippen LogP contribution in [0.1, 0.15) is 50.9 Å². The van der Waals surface area contributed by atoms with Crippen molar-refractivity contribution in [1.82, 2.24) is 0 Å². The minimum Gasteiger partial charge on any atom is -0.723 e. The molecule has 5 nitrogen and oxygen atoms in total. The molecule has 1 aromatic carbocycles. The van der Waals surface area contributed by atoms with Crippen molar-refractivity contribution in [1.29, 1.82) is 0 Å². The van der Waals surface area contributed by atoms with Gasteiger partial charge in [-0.2, -0.15) is 4.89 Å². The summed E-state index contributed by atoms with van der Waals surface area (Å²) in [6.07, 6.45) is 1.01. The van der Waals surface area contributed by atoms with Crippen molar-refractivity contribution in [3.63, 3.8) is 0 Å². The molecule has 0 amide bonds. The van der Waals surface area contributed by atoms with Gasteiger partial charge in [0.05, 0.1) is 11.2 Å². The number of carbonyl (C=O) groups is 1. The monoisotopic (exact) mass is 320 g/mol. The number of hydrogen-bond donors (Lipinski definition) is 0. The van der Waals surface area contributed by atoms with Crippen LogP contribution < -0.4 is 56.6 Å². The molecule has 0 saturated carbocycles. The number of rotatable bonds is 7. The zero-order valence-corrected chi connectivity index (χ0v) is 16.5. The molecule has 0 spiro atoms. The standard InChI is InChI=1S/C15H22O5.K/c1-14(2,19-17)10-11-15(3,4)20-18-13(16)12-8-6-5-7-9-12;/h5-9,17H,10-11H2,1-4H3;/q;+1/p-1. The Labute approximate surface area is 168 Å². The van der Waals surface area contributed by atoms with Gasteiger partial charge in [-0.25, -0.2) is 4.79 Å². The van der Waals surface area contributed by atoms with E-state index in [1.165, 1.54) is 0 Å². The summed E-state index contributed by atoms with van der Waals surface area (Å²) < 4.78 is 0. The smallest absolute Gasteiger partial charge is 0.723 e. The number of benzene rings is 1. The summed E-state index contributed by atoms with van der Waals surface area (Å²) in [5.41, 5.74) is -1.05. The molecule has 1 aromatic rings. The van der Waals surface area contributed by atoms with Crippen LogP contribution in [0.3, 0.4) is 0 Å². The average molecular weight is 320 g/mol. The molecule has 21 heavy (non-hydrogen) atoms. The first-order valence-corrected chi connectivity index (χ1v) is 6.52. The zero-order valence-electron chi connectivity index (χ0n) is 13.3. The van der Waals surface area contributed by atoms with E-state index in [2.05, 4.69) is 4.89 Å². The maximum absolute atomic E-state index is 11.7. The van der Waals surface area contributed by atoms with Gasteiger partial charge in [-0.05, 0) is 52.7 Å². The maximum atomic E-state index is 11.7. The maximum Gasteiger partial charge on any atom is 1.00 e. The molecule has 0 aliphatic heterocycles. The summed E-state index contributed by atoms with van der Waals surface area (Å²) in [5.74, 6) is -0.544. The van der Waals surface area contributed by atoms with Crippen molar-refractivity contribution < 1.29 is 76.1 Å². The molecule has 0 unspecified atom stereocenters. The third-order valence-electron chi connectivity index (χ3n) is 2.91. The third-order valence-corrected chi connectivity index (χ3v) is 2.91. The fourth-order valence-corrected chi connectivity index (χ4v) is 1.46. The predicted octanol–water partition coefficient (Wildman–Crippen LogP) is -0.592. The van der Waals surface area contributed by atoms with Crippen LogP contribution in [0, 0.1) is 0 Å². The van der Waals surface area contributed by atoms with E-state index in [1.54, 1.807) is 52.0 Å². The Morgan fingerprint density at radius 3 is 2.10 bits per heavy atom. The van der Waals surface area contributed by atoms with Crippen molar-refractivity contribution in [3.8, 4) is 0 Å². The van der Waals surface area contributed by atoms with E-state index in [4.69, 9.17) is 9.78 Å². The van der Waals surface area contributed by atoms with Gasteiger partial charge in [0.1, 0.15) is 5.60 Å². The fourth-order valence-electron chi connectivity index (χ4n) is 1.46. The first-order chi connectivity index (χ1) is 9.26. The Hall–Kier alpha value is 0.206. The molecule has 112 valence electrons. The molecule has 0 aliphatic carbocycles. The molecule has 6 heteroatoms. The van der Waals surface area contributed by atoms with Crippen LogP contribution in [-0.4, -0.2) is 17.2 Å². The minimum absolute atomic E-state index is 0. The van der Waals surface area contributed by atoms with Gasteiger partial charge in [-0.3, -0.25) is 4.89 Å². The number of carbonyl (C=O) groups excluding carboxylic acids is 1. The molecule has 0 radical (unpaired) electrons. The normalized spacial score (nSPS) is 11.7. The van der Waals surface area contributed by atoms with Gasteiger partial charge in [0.2, 0.25) is 0 Å². The van der Waals surface area contributed by atoms with Gasteiger partial charge in [0.25, 0.3) is 0 Å². The quantitative estimate of drug-likeness (QED) is 0.382. The zero-order chi connectivity index (χ0) is 15.2. The molecule has 1 rings (SSSR count). The summed E-state index contributed by atoms with van der Waals surface area (Å²) >= 11 is 0. The molecule has 0 heterocycles. The van der Waals surface area contributed by atoms with E-state index >= 15 is 0 Å². The molecule has 0 saturated heterocycles. The van der Waals surface area contributed by atoms with E-state index in [1.807, 2.05) is 6.07 Å². The van der Waals surface area contributed by atoms with Crippen LogP contribution in [0.2, 0.25) is 0 Å². The van der Waals surface area contributed by atoms with Gasteiger partial charge in [0.15, 0.2) is 0 Å². The van der Waals surface area contributed by atoms with Gasteiger partial charge in [-0.15, -0.1) is 0 Å². The van der Waals surface area contributed by atoms with Gasteiger partial charge >= 0.3 is 57.4 Å². The van der Waals surface area contributed by atoms with E-state index < -0.39 is 17.2 Å². The van der Waals surface area contributed by atoms with Crippen molar-refractivity contribution in [2.75, 3.05) is 0 Å². The first-order valence-electron chi connectivity index (χ1n) is 6.52. The van der Waals surface area contributed by atoms with Gasteiger partial charge in [0, 0.05) is 0 Å². The third kappa shape index (κ3) is 8.42. The SMILES string of the molecule is CC(C)(CCC(C)(C)OOC(=O)c1ccccc1)O[O-].[K+]. The van der Waals surface area contributed by atoms with Gasteiger partial charge < -0.3 is 10.1 Å². The second kappa shape index (κ2) is 9.37. The Morgan fingerprint density at radius 2 is 1.57 bits per heavy atom. The van der Waals surface area contributed by atoms with Crippen LogP contribution in [0.5, 0.6) is 0 Å². The van der Waals surface area contributed by atoms with Crippen LogP contribution in [0.15, 0.2) is 30.3 Å². The first kappa shape index (κ1) is 21.2. The second-order valence-corrected chi connectivity index (χ2v) is 5.92. The summed E-state index contributed by atoms with van der Waals surface area (Å²) in [6, 6.07) is 8.60. The largest absolute Gasteiger partial charge is 1.00 e. The van der Waals surface area contributed by atoms with Crippen LogP contribution >= 0.6 is 0 Å².